The van der Waals surface area contributed by atoms with Crippen molar-refractivity contribution in [1.29, 1.82) is 0 Å². The third kappa shape index (κ3) is 6.29. The SMILES string of the molecule is c1ccc(-c2cccc(-c3nc(-c4cccc(-c5ccccc5)c4)nc(-c4cccc(-c5cccc6c(-c7ccccc7)nc7ccccc7c56)c4)n3)c2)cc1. The van der Waals surface area contributed by atoms with E-state index < -0.39 is 0 Å². The first-order valence-electron chi connectivity index (χ1n) is 18.8. The molecular weight excluding hydrogens is 681 g/mol. The predicted molar refractivity (Wildman–Crippen MR) is 231 cm³/mol. The van der Waals surface area contributed by atoms with Gasteiger partial charge in [-0.1, -0.05) is 182 Å². The Morgan fingerprint density at radius 2 is 0.643 bits per heavy atom. The van der Waals surface area contributed by atoms with Gasteiger partial charge < -0.3 is 0 Å². The normalized spacial score (nSPS) is 11.2. The molecule has 4 nitrogen and oxygen atoms in total. The molecule has 56 heavy (non-hydrogen) atoms. The van der Waals surface area contributed by atoms with Gasteiger partial charge in [0.15, 0.2) is 17.5 Å². The summed E-state index contributed by atoms with van der Waals surface area (Å²) in [4.78, 5) is 20.7. The summed E-state index contributed by atoms with van der Waals surface area (Å²) < 4.78 is 0. The number of hydrogen-bond donors (Lipinski definition) is 0. The summed E-state index contributed by atoms with van der Waals surface area (Å²) >= 11 is 0. The fourth-order valence-corrected chi connectivity index (χ4v) is 7.59. The lowest BCUT2D eigenvalue weighted by molar-refractivity contribution is 1.07. The number of aromatic nitrogens is 4. The number of fused-ring (bicyclic) bond motifs is 3. The van der Waals surface area contributed by atoms with Gasteiger partial charge >= 0.3 is 0 Å². The molecule has 0 saturated carbocycles. The maximum atomic E-state index is 5.18. The van der Waals surface area contributed by atoms with Crippen LogP contribution in [0.4, 0.5) is 0 Å². The fourth-order valence-electron chi connectivity index (χ4n) is 7.59. The second-order valence-electron chi connectivity index (χ2n) is 13.9. The van der Waals surface area contributed by atoms with Crippen molar-refractivity contribution in [3.8, 4) is 78.8 Å². The fraction of sp³-hybridized carbons (Fsp3) is 0. The molecule has 2 heterocycles. The van der Waals surface area contributed by atoms with Crippen molar-refractivity contribution in [2.75, 3.05) is 0 Å². The largest absolute Gasteiger partial charge is 0.247 e. The highest BCUT2D eigenvalue weighted by Gasteiger charge is 2.17. The molecule has 0 aliphatic carbocycles. The van der Waals surface area contributed by atoms with Gasteiger partial charge in [0.05, 0.1) is 11.2 Å². The molecule has 0 N–H and O–H groups in total. The molecular formula is C52H34N4. The highest BCUT2D eigenvalue weighted by atomic mass is 15.0. The second-order valence-corrected chi connectivity index (χ2v) is 13.9. The van der Waals surface area contributed by atoms with Crippen LogP contribution in [-0.4, -0.2) is 19.9 Å². The van der Waals surface area contributed by atoms with Crippen LogP contribution in [0.15, 0.2) is 206 Å². The monoisotopic (exact) mass is 714 g/mol. The van der Waals surface area contributed by atoms with Gasteiger partial charge in [0.1, 0.15) is 0 Å². The van der Waals surface area contributed by atoms with Crippen LogP contribution in [0.3, 0.4) is 0 Å². The first-order valence-corrected chi connectivity index (χ1v) is 18.8. The summed E-state index contributed by atoms with van der Waals surface area (Å²) in [6.07, 6.45) is 0. The zero-order valence-corrected chi connectivity index (χ0v) is 30.4. The van der Waals surface area contributed by atoms with Crippen molar-refractivity contribution in [3.63, 3.8) is 0 Å². The number of para-hydroxylation sites is 1. The smallest absolute Gasteiger partial charge is 0.164 e. The van der Waals surface area contributed by atoms with Crippen LogP contribution < -0.4 is 0 Å². The molecule has 0 atom stereocenters. The molecule has 8 aromatic carbocycles. The lowest BCUT2D eigenvalue weighted by atomic mass is 9.92. The second kappa shape index (κ2) is 14.3. The van der Waals surface area contributed by atoms with Crippen LogP contribution in [-0.2, 0) is 0 Å². The minimum atomic E-state index is 0.610. The first kappa shape index (κ1) is 33.0. The molecule has 0 fully saturated rings. The Bertz CT molecular complexity index is 2910. The van der Waals surface area contributed by atoms with E-state index in [-0.39, 0.29) is 0 Å². The summed E-state index contributed by atoms with van der Waals surface area (Å²) in [6.45, 7) is 0. The molecule has 0 radical (unpaired) electrons. The van der Waals surface area contributed by atoms with Gasteiger partial charge in [-0.15, -0.1) is 0 Å². The van der Waals surface area contributed by atoms with Crippen molar-refractivity contribution < 1.29 is 0 Å². The molecule has 2 aromatic heterocycles. The summed E-state index contributed by atoms with van der Waals surface area (Å²) in [5.41, 5.74) is 12.5. The minimum absolute atomic E-state index is 0.610. The van der Waals surface area contributed by atoms with Gasteiger partial charge in [-0.3, -0.25) is 0 Å². The Hall–Kier alpha value is -7.56. The van der Waals surface area contributed by atoms with E-state index in [1.165, 1.54) is 5.39 Å². The van der Waals surface area contributed by atoms with E-state index in [1.54, 1.807) is 0 Å². The van der Waals surface area contributed by atoms with E-state index in [0.717, 1.165) is 77.6 Å². The maximum Gasteiger partial charge on any atom is 0.164 e. The number of nitrogens with zero attached hydrogens (tertiary/aromatic N) is 4. The van der Waals surface area contributed by atoms with E-state index >= 15 is 0 Å². The van der Waals surface area contributed by atoms with E-state index in [9.17, 15) is 0 Å². The molecule has 4 heteroatoms. The number of hydrogen-bond acceptors (Lipinski definition) is 4. The van der Waals surface area contributed by atoms with Crippen LogP contribution in [0.1, 0.15) is 0 Å². The van der Waals surface area contributed by atoms with Crippen LogP contribution in [0.5, 0.6) is 0 Å². The van der Waals surface area contributed by atoms with Gasteiger partial charge in [-0.05, 0) is 57.6 Å². The maximum absolute atomic E-state index is 5.18. The molecule has 0 spiro atoms. The van der Waals surface area contributed by atoms with E-state index in [0.29, 0.717) is 17.5 Å². The van der Waals surface area contributed by atoms with Gasteiger partial charge in [0.2, 0.25) is 0 Å². The Kier molecular flexibility index (Phi) is 8.47. The molecule has 0 bridgehead atoms. The quantitative estimate of drug-likeness (QED) is 0.154. The zero-order chi connectivity index (χ0) is 37.3. The highest BCUT2D eigenvalue weighted by Crippen LogP contribution is 2.39. The number of benzene rings is 8. The molecule has 0 aliphatic rings. The standard InChI is InChI=1S/C52H34N4/c1-4-16-35(17-5-1)38-22-12-25-41(32-38)50-54-51(42-26-13-23-39(33-42)36-18-6-2-7-19-36)56-52(55-50)43-27-14-24-40(34-43)44-29-15-30-46-48(44)45-28-10-11-31-47(45)53-49(46)37-20-8-3-9-21-37/h1-34H. The van der Waals surface area contributed by atoms with Crippen LogP contribution in [0.2, 0.25) is 0 Å². The first-order chi connectivity index (χ1) is 27.7. The summed E-state index contributed by atoms with van der Waals surface area (Å²) in [6, 6.07) is 71.6. The third-order valence-corrected chi connectivity index (χ3v) is 10.3. The van der Waals surface area contributed by atoms with Crippen molar-refractivity contribution >= 4 is 21.7 Å². The van der Waals surface area contributed by atoms with Crippen LogP contribution in [0.25, 0.3) is 100 Å². The molecule has 0 amide bonds. The van der Waals surface area contributed by atoms with Gasteiger partial charge in [0, 0.05) is 38.4 Å². The highest BCUT2D eigenvalue weighted by molar-refractivity contribution is 6.17. The van der Waals surface area contributed by atoms with Crippen LogP contribution >= 0.6 is 0 Å². The van der Waals surface area contributed by atoms with Crippen molar-refractivity contribution in [1.82, 2.24) is 19.9 Å². The topological polar surface area (TPSA) is 51.6 Å². The van der Waals surface area contributed by atoms with Crippen LogP contribution in [0, 0.1) is 0 Å². The third-order valence-electron chi connectivity index (χ3n) is 10.3. The molecule has 0 saturated heterocycles. The predicted octanol–water partition coefficient (Wildman–Crippen LogP) is 13.2. The average Bonchev–Trinajstić information content (AvgIpc) is 3.29. The Morgan fingerprint density at radius 3 is 1.20 bits per heavy atom. The summed E-state index contributed by atoms with van der Waals surface area (Å²) in [5, 5.41) is 3.39. The Balaban J connectivity index is 1.15. The van der Waals surface area contributed by atoms with Gasteiger partial charge in [0.25, 0.3) is 0 Å². The average molecular weight is 715 g/mol. The summed E-state index contributed by atoms with van der Waals surface area (Å²) in [5.74, 6) is 1.85. The van der Waals surface area contributed by atoms with E-state index in [1.807, 2.05) is 18.2 Å². The van der Waals surface area contributed by atoms with E-state index in [4.69, 9.17) is 19.9 Å². The number of pyridine rings is 1. The molecule has 10 aromatic rings. The lowest BCUT2D eigenvalue weighted by Gasteiger charge is -2.15. The summed E-state index contributed by atoms with van der Waals surface area (Å²) in [7, 11) is 0. The van der Waals surface area contributed by atoms with Crippen molar-refractivity contribution in [2.45, 2.75) is 0 Å². The number of rotatable bonds is 7. The van der Waals surface area contributed by atoms with Crippen molar-refractivity contribution in [3.05, 3.63) is 206 Å². The molecule has 0 aliphatic heterocycles. The zero-order valence-electron chi connectivity index (χ0n) is 30.4. The molecule has 0 unspecified atom stereocenters. The molecule has 10 rings (SSSR count). The van der Waals surface area contributed by atoms with Gasteiger partial charge in [-0.25, -0.2) is 19.9 Å². The molecule has 262 valence electrons. The Labute approximate surface area is 325 Å². The lowest BCUT2D eigenvalue weighted by Crippen LogP contribution is -2.00. The van der Waals surface area contributed by atoms with Gasteiger partial charge in [-0.2, -0.15) is 0 Å². The minimum Gasteiger partial charge on any atom is -0.247 e. The van der Waals surface area contributed by atoms with E-state index in [2.05, 4.69) is 188 Å². The van der Waals surface area contributed by atoms with Crippen molar-refractivity contribution in [2.24, 2.45) is 0 Å². The Morgan fingerprint density at radius 1 is 0.250 bits per heavy atom.